The van der Waals surface area contributed by atoms with E-state index in [1.54, 1.807) is 36.4 Å². The summed E-state index contributed by atoms with van der Waals surface area (Å²) in [7, 11) is 0. The molecule has 0 saturated heterocycles. The van der Waals surface area contributed by atoms with Crippen molar-refractivity contribution in [1.29, 1.82) is 0 Å². The van der Waals surface area contributed by atoms with Crippen LogP contribution in [0.25, 0.3) is 0 Å². The third kappa shape index (κ3) is 6.34. The van der Waals surface area contributed by atoms with Crippen LogP contribution in [0.3, 0.4) is 0 Å². The number of rotatable bonds is 6. The second kappa shape index (κ2) is 13.0. The van der Waals surface area contributed by atoms with Crippen LogP contribution in [0.1, 0.15) is 81.0 Å². The number of benzene rings is 2. The molecule has 0 atom stereocenters. The molecule has 2 aliphatic rings. The highest BCUT2D eigenvalue weighted by atomic mass is 79.9. The van der Waals surface area contributed by atoms with Crippen molar-refractivity contribution in [2.45, 2.75) is 39.5 Å². The number of carbonyl (C=O) groups is 4. The average molecular weight is 519 g/mol. The number of hydroxylamine groups is 4. The maximum Gasteiger partial charge on any atom is 0.285 e. The molecule has 176 valence electrons. The van der Waals surface area contributed by atoms with Crippen LogP contribution in [0.2, 0.25) is 0 Å². The summed E-state index contributed by atoms with van der Waals surface area (Å²) in [6.07, 6.45) is 4.39. The van der Waals surface area contributed by atoms with Crippen molar-refractivity contribution in [3.05, 3.63) is 70.8 Å². The summed E-state index contributed by atoms with van der Waals surface area (Å²) < 4.78 is 0. The molecule has 0 saturated carbocycles. The lowest BCUT2D eigenvalue weighted by Crippen LogP contribution is -2.30. The van der Waals surface area contributed by atoms with Gasteiger partial charge in [0.1, 0.15) is 0 Å². The highest BCUT2D eigenvalue weighted by Gasteiger charge is 2.36. The molecule has 9 heteroatoms. The molecular formula is C24H27BrN2O6. The quantitative estimate of drug-likeness (QED) is 0.253. The first-order valence-electron chi connectivity index (χ1n) is 10.7. The van der Waals surface area contributed by atoms with Crippen molar-refractivity contribution >= 4 is 39.6 Å². The SMILES string of the molecule is CCCCBr.CCCCON1C(=O)c2ccccc2C1=O.O=C1c2ccccc2C(=O)N1O. The Morgan fingerprint density at radius 2 is 1.12 bits per heavy atom. The Bertz CT molecular complexity index is 938. The van der Waals surface area contributed by atoms with Gasteiger partial charge < -0.3 is 0 Å². The number of hydrogen-bond acceptors (Lipinski definition) is 6. The predicted molar refractivity (Wildman–Crippen MR) is 125 cm³/mol. The van der Waals surface area contributed by atoms with E-state index < -0.39 is 11.8 Å². The fourth-order valence-electron chi connectivity index (χ4n) is 2.89. The van der Waals surface area contributed by atoms with Crippen LogP contribution in [-0.4, -0.2) is 50.9 Å². The van der Waals surface area contributed by atoms with Crippen molar-refractivity contribution in [2.24, 2.45) is 0 Å². The summed E-state index contributed by atoms with van der Waals surface area (Å²) >= 11 is 3.31. The first kappa shape index (κ1) is 26.4. The fourth-order valence-corrected chi connectivity index (χ4v) is 3.46. The van der Waals surface area contributed by atoms with Crippen molar-refractivity contribution in [3.63, 3.8) is 0 Å². The van der Waals surface area contributed by atoms with E-state index in [1.165, 1.54) is 25.0 Å². The maximum absolute atomic E-state index is 11.8. The van der Waals surface area contributed by atoms with Crippen molar-refractivity contribution in [1.82, 2.24) is 10.1 Å². The zero-order chi connectivity index (χ0) is 24.4. The topological polar surface area (TPSA) is 104 Å². The van der Waals surface area contributed by atoms with E-state index >= 15 is 0 Å². The first-order valence-corrected chi connectivity index (χ1v) is 11.8. The number of hydrogen-bond donors (Lipinski definition) is 1. The van der Waals surface area contributed by atoms with Gasteiger partial charge in [-0.1, -0.05) is 66.9 Å². The van der Waals surface area contributed by atoms with E-state index in [0.717, 1.165) is 23.2 Å². The van der Waals surface area contributed by atoms with Gasteiger partial charge in [0.2, 0.25) is 0 Å². The number of carbonyl (C=O) groups excluding carboxylic acids is 4. The van der Waals surface area contributed by atoms with Crippen molar-refractivity contribution in [2.75, 3.05) is 11.9 Å². The zero-order valence-electron chi connectivity index (χ0n) is 18.6. The van der Waals surface area contributed by atoms with Gasteiger partial charge in [-0.2, -0.15) is 0 Å². The molecule has 0 unspecified atom stereocenters. The number of amides is 4. The highest BCUT2D eigenvalue weighted by Crippen LogP contribution is 2.22. The van der Waals surface area contributed by atoms with Gasteiger partial charge >= 0.3 is 0 Å². The predicted octanol–water partition coefficient (Wildman–Crippen LogP) is 4.87. The van der Waals surface area contributed by atoms with Gasteiger partial charge in [-0.25, -0.2) is 0 Å². The van der Waals surface area contributed by atoms with Crippen LogP contribution in [0.15, 0.2) is 48.5 Å². The molecule has 0 bridgehead atoms. The van der Waals surface area contributed by atoms with Gasteiger partial charge in [0, 0.05) is 5.33 Å². The Morgan fingerprint density at radius 1 is 0.727 bits per heavy atom. The number of halogens is 1. The largest absolute Gasteiger partial charge is 0.285 e. The normalized spacial score (nSPS) is 13.8. The van der Waals surface area contributed by atoms with E-state index in [2.05, 4.69) is 22.9 Å². The molecule has 4 amide bonds. The number of fused-ring (bicyclic) bond motifs is 2. The standard InChI is InChI=1S/C12H13NO3.C8H5NO3.C4H9Br/c1-2-3-8-16-13-11(14)9-6-4-5-7-10(9)12(13)15;10-7-5-3-1-2-4-6(5)8(11)9(7)12;1-2-3-4-5/h4-7H,2-3,8H2,1H3;1-4,12H;2-4H2,1H3. The van der Waals surface area contributed by atoms with Crippen LogP contribution < -0.4 is 0 Å². The smallest absolute Gasteiger partial charge is 0.278 e. The molecular weight excluding hydrogens is 492 g/mol. The molecule has 2 heterocycles. The van der Waals surface area contributed by atoms with E-state index in [4.69, 9.17) is 10.0 Å². The first-order chi connectivity index (χ1) is 15.9. The van der Waals surface area contributed by atoms with Gasteiger partial charge in [0.15, 0.2) is 0 Å². The maximum atomic E-state index is 11.8. The fraction of sp³-hybridized carbons (Fsp3) is 0.333. The summed E-state index contributed by atoms with van der Waals surface area (Å²) in [4.78, 5) is 50.9. The molecule has 8 nitrogen and oxygen atoms in total. The Morgan fingerprint density at radius 3 is 1.45 bits per heavy atom. The molecule has 2 aromatic carbocycles. The molecule has 0 aromatic heterocycles. The Hall–Kier alpha value is -2.88. The average Bonchev–Trinajstić information content (AvgIpc) is 3.21. The molecule has 0 spiro atoms. The summed E-state index contributed by atoms with van der Waals surface area (Å²) in [6.45, 7) is 4.59. The minimum atomic E-state index is -0.657. The van der Waals surface area contributed by atoms with Gasteiger partial charge in [0.25, 0.3) is 23.6 Å². The van der Waals surface area contributed by atoms with Crippen LogP contribution in [0.5, 0.6) is 0 Å². The Kier molecular flexibility index (Phi) is 10.4. The number of imide groups is 2. The minimum absolute atomic E-state index is 0.130. The minimum Gasteiger partial charge on any atom is -0.278 e. The lowest BCUT2D eigenvalue weighted by Gasteiger charge is -2.12. The van der Waals surface area contributed by atoms with E-state index in [0.29, 0.717) is 17.7 Å². The van der Waals surface area contributed by atoms with Crippen LogP contribution in [0, 0.1) is 0 Å². The lowest BCUT2D eigenvalue weighted by molar-refractivity contribution is -0.0920. The highest BCUT2D eigenvalue weighted by molar-refractivity contribution is 9.09. The molecule has 2 aliphatic heterocycles. The molecule has 1 N–H and O–H groups in total. The Labute approximate surface area is 201 Å². The molecule has 0 radical (unpaired) electrons. The van der Waals surface area contributed by atoms with E-state index in [-0.39, 0.29) is 28.0 Å². The van der Waals surface area contributed by atoms with E-state index in [9.17, 15) is 19.2 Å². The van der Waals surface area contributed by atoms with Gasteiger partial charge in [-0.05, 0) is 37.1 Å². The molecule has 4 rings (SSSR count). The van der Waals surface area contributed by atoms with E-state index in [1.807, 2.05) is 6.92 Å². The Balaban J connectivity index is 0.000000200. The van der Waals surface area contributed by atoms with Gasteiger partial charge in [-0.3, -0.25) is 29.2 Å². The summed E-state index contributed by atoms with van der Waals surface area (Å²) in [5, 5.41) is 11.1. The van der Waals surface area contributed by atoms with Crippen LogP contribution in [0.4, 0.5) is 0 Å². The third-order valence-corrected chi connectivity index (χ3v) is 5.30. The number of unbranched alkanes of at least 4 members (excludes halogenated alkanes) is 2. The summed E-state index contributed by atoms with van der Waals surface area (Å²) in [6, 6.07) is 13.0. The molecule has 0 aliphatic carbocycles. The van der Waals surface area contributed by atoms with Crippen molar-refractivity contribution < 1.29 is 29.2 Å². The second-order valence-electron chi connectivity index (χ2n) is 7.15. The third-order valence-electron chi connectivity index (χ3n) is 4.73. The second-order valence-corrected chi connectivity index (χ2v) is 7.94. The van der Waals surface area contributed by atoms with Crippen molar-refractivity contribution in [3.8, 4) is 0 Å². The van der Waals surface area contributed by atoms with Crippen LogP contribution in [-0.2, 0) is 4.84 Å². The molecule has 33 heavy (non-hydrogen) atoms. The van der Waals surface area contributed by atoms with Crippen LogP contribution >= 0.6 is 15.9 Å². The monoisotopic (exact) mass is 518 g/mol. The van der Waals surface area contributed by atoms with Gasteiger partial charge in [0.05, 0.1) is 28.9 Å². The zero-order valence-corrected chi connectivity index (χ0v) is 20.2. The van der Waals surface area contributed by atoms with Gasteiger partial charge in [-0.15, -0.1) is 10.1 Å². The lowest BCUT2D eigenvalue weighted by atomic mass is 10.1. The summed E-state index contributed by atoms with van der Waals surface area (Å²) in [5.74, 6) is -2.04. The number of alkyl halides is 1. The molecule has 2 aromatic rings. The molecule has 0 fully saturated rings. The number of nitrogens with zero attached hydrogens (tertiary/aromatic N) is 2. The summed E-state index contributed by atoms with van der Waals surface area (Å²) in [5.41, 5.74) is 1.35.